The molecule has 0 radical (unpaired) electrons. The third-order valence-corrected chi connectivity index (χ3v) is 4.91. The van der Waals surface area contributed by atoms with E-state index < -0.39 is 0 Å². The Labute approximate surface area is 204 Å². The van der Waals surface area contributed by atoms with Gasteiger partial charge >= 0.3 is 0 Å². The number of thiocarbonyl (C=S) groups is 1. The highest BCUT2D eigenvalue weighted by molar-refractivity contribution is 7.80. The van der Waals surface area contributed by atoms with Crippen molar-refractivity contribution in [3.8, 4) is 23.0 Å². The van der Waals surface area contributed by atoms with Gasteiger partial charge in [0.2, 0.25) is 0 Å². The average Bonchev–Trinajstić information content (AvgIpc) is 2.87. The summed E-state index contributed by atoms with van der Waals surface area (Å²) in [7, 11) is 3.12. The molecule has 0 aliphatic carbocycles. The average molecular weight is 482 g/mol. The fourth-order valence-electron chi connectivity index (χ4n) is 2.96. The Kier molecular flexibility index (Phi) is 8.93. The molecule has 178 valence electrons. The molecule has 0 aliphatic heterocycles. The number of carbonyl (C=O) groups is 1. The van der Waals surface area contributed by atoms with Crippen molar-refractivity contribution in [1.29, 1.82) is 0 Å². The van der Waals surface area contributed by atoms with Crippen LogP contribution in [0.5, 0.6) is 23.0 Å². The van der Waals surface area contributed by atoms with Gasteiger partial charge in [-0.25, -0.2) is 0 Å². The Hall–Kier alpha value is -3.98. The first-order valence-electron chi connectivity index (χ1n) is 10.6. The number of ether oxygens (including phenoxy) is 4. The molecule has 3 aromatic rings. The zero-order valence-electron chi connectivity index (χ0n) is 19.2. The van der Waals surface area contributed by atoms with Crippen molar-refractivity contribution < 1.29 is 23.7 Å². The van der Waals surface area contributed by atoms with Gasteiger partial charge in [0.15, 0.2) is 5.11 Å². The van der Waals surface area contributed by atoms with Gasteiger partial charge in [-0.1, -0.05) is 12.1 Å². The van der Waals surface area contributed by atoms with Crippen molar-refractivity contribution >= 4 is 28.9 Å². The van der Waals surface area contributed by atoms with Crippen LogP contribution in [0.2, 0.25) is 0 Å². The molecule has 3 N–H and O–H groups in total. The minimum absolute atomic E-state index is 0.206. The first-order valence-corrected chi connectivity index (χ1v) is 11.0. The van der Waals surface area contributed by atoms with Crippen LogP contribution < -0.4 is 35.1 Å². The predicted molar refractivity (Wildman–Crippen MR) is 135 cm³/mol. The second-order valence-electron chi connectivity index (χ2n) is 6.99. The van der Waals surface area contributed by atoms with Crippen LogP contribution in [-0.2, 0) is 6.61 Å². The van der Waals surface area contributed by atoms with Gasteiger partial charge in [0.05, 0.1) is 26.5 Å². The zero-order chi connectivity index (χ0) is 24.3. The smallest absolute Gasteiger partial charge is 0.269 e. The van der Waals surface area contributed by atoms with Gasteiger partial charge in [-0.05, 0) is 73.2 Å². The molecule has 0 aliphatic rings. The number of rotatable bonds is 9. The number of benzene rings is 3. The quantitative estimate of drug-likeness (QED) is 0.308. The number of anilines is 1. The van der Waals surface area contributed by atoms with Gasteiger partial charge in [-0.15, -0.1) is 0 Å². The monoisotopic (exact) mass is 481 g/mol. The van der Waals surface area contributed by atoms with E-state index in [2.05, 4.69) is 16.2 Å². The van der Waals surface area contributed by atoms with Crippen molar-refractivity contribution in [2.24, 2.45) is 0 Å². The molecule has 3 aromatic carbocycles. The molecule has 0 bridgehead atoms. The van der Waals surface area contributed by atoms with Gasteiger partial charge in [0, 0.05) is 11.6 Å². The van der Waals surface area contributed by atoms with Crippen LogP contribution in [0.1, 0.15) is 22.8 Å². The van der Waals surface area contributed by atoms with Crippen molar-refractivity contribution in [1.82, 2.24) is 10.9 Å². The Morgan fingerprint density at radius 1 is 0.824 bits per heavy atom. The second kappa shape index (κ2) is 12.3. The fraction of sp³-hybridized carbons (Fsp3) is 0.200. The minimum atomic E-state index is -0.329. The van der Waals surface area contributed by atoms with Crippen LogP contribution in [0.4, 0.5) is 5.69 Å². The lowest BCUT2D eigenvalue weighted by atomic mass is 10.1. The van der Waals surface area contributed by atoms with Gasteiger partial charge in [-0.3, -0.25) is 15.6 Å². The normalized spacial score (nSPS) is 10.1. The van der Waals surface area contributed by atoms with Crippen molar-refractivity contribution in [3.05, 3.63) is 77.9 Å². The van der Waals surface area contributed by atoms with E-state index in [1.165, 1.54) is 0 Å². The number of hydrazine groups is 1. The van der Waals surface area contributed by atoms with Crippen LogP contribution in [-0.4, -0.2) is 31.8 Å². The Morgan fingerprint density at radius 3 is 2.09 bits per heavy atom. The molecule has 0 unspecified atom stereocenters. The molecule has 0 fully saturated rings. The Morgan fingerprint density at radius 2 is 1.47 bits per heavy atom. The molecule has 9 heteroatoms. The molecule has 0 atom stereocenters. The maximum Gasteiger partial charge on any atom is 0.269 e. The Bertz CT molecular complexity index is 1100. The van der Waals surface area contributed by atoms with Gasteiger partial charge in [-0.2, -0.15) is 0 Å². The number of amides is 1. The topological polar surface area (TPSA) is 90.1 Å². The fourth-order valence-corrected chi connectivity index (χ4v) is 3.12. The van der Waals surface area contributed by atoms with E-state index in [9.17, 15) is 4.79 Å². The summed E-state index contributed by atoms with van der Waals surface area (Å²) in [4.78, 5) is 12.4. The highest BCUT2D eigenvalue weighted by atomic mass is 32.1. The summed E-state index contributed by atoms with van der Waals surface area (Å²) in [5, 5.41) is 3.18. The van der Waals surface area contributed by atoms with Crippen LogP contribution in [0.25, 0.3) is 0 Å². The van der Waals surface area contributed by atoms with E-state index in [1.807, 2.05) is 43.3 Å². The van der Waals surface area contributed by atoms with Crippen molar-refractivity contribution in [2.45, 2.75) is 13.5 Å². The van der Waals surface area contributed by atoms with E-state index in [4.69, 9.17) is 31.2 Å². The third-order valence-electron chi connectivity index (χ3n) is 4.70. The molecule has 0 heterocycles. The highest BCUT2D eigenvalue weighted by Crippen LogP contribution is 2.28. The van der Waals surface area contributed by atoms with E-state index >= 15 is 0 Å². The predicted octanol–water partition coefficient (Wildman–Crippen LogP) is 4.31. The van der Waals surface area contributed by atoms with E-state index in [0.29, 0.717) is 36.0 Å². The number of methoxy groups -OCH3 is 2. The molecule has 0 aromatic heterocycles. The molecular formula is C25H27N3O5S. The van der Waals surface area contributed by atoms with Crippen LogP contribution in [0.3, 0.4) is 0 Å². The molecule has 0 spiro atoms. The number of nitrogens with one attached hydrogen (secondary N) is 3. The summed E-state index contributed by atoms with van der Waals surface area (Å²) in [5.74, 6) is 2.42. The zero-order valence-corrected chi connectivity index (χ0v) is 20.0. The first-order chi connectivity index (χ1) is 16.5. The minimum Gasteiger partial charge on any atom is -0.497 e. The van der Waals surface area contributed by atoms with E-state index in [1.54, 1.807) is 44.6 Å². The maximum absolute atomic E-state index is 12.4. The first kappa shape index (κ1) is 24.7. The summed E-state index contributed by atoms with van der Waals surface area (Å²) >= 11 is 5.25. The highest BCUT2D eigenvalue weighted by Gasteiger charge is 2.09. The summed E-state index contributed by atoms with van der Waals surface area (Å²) in [6, 6.07) is 19.8. The molecule has 1 amide bonds. The maximum atomic E-state index is 12.4. The second-order valence-corrected chi connectivity index (χ2v) is 7.40. The molecule has 3 rings (SSSR count). The molecule has 0 saturated carbocycles. The van der Waals surface area contributed by atoms with E-state index in [-0.39, 0.29) is 11.0 Å². The number of hydrogen-bond acceptors (Lipinski definition) is 6. The van der Waals surface area contributed by atoms with Crippen molar-refractivity contribution in [2.75, 3.05) is 26.1 Å². The van der Waals surface area contributed by atoms with Crippen LogP contribution in [0, 0.1) is 0 Å². The van der Waals surface area contributed by atoms with Gasteiger partial charge in [0.1, 0.15) is 29.6 Å². The lowest BCUT2D eigenvalue weighted by Gasteiger charge is -2.15. The lowest BCUT2D eigenvalue weighted by molar-refractivity contribution is 0.0944. The largest absolute Gasteiger partial charge is 0.497 e. The number of hydrogen-bond donors (Lipinski definition) is 3. The van der Waals surface area contributed by atoms with Crippen LogP contribution in [0.15, 0.2) is 66.7 Å². The molecule has 34 heavy (non-hydrogen) atoms. The summed E-state index contributed by atoms with van der Waals surface area (Å²) < 4.78 is 21.7. The SMILES string of the molecule is CCOc1ccc(OCc2ccc(C(=O)NNC(=S)Nc3ccc(OC)cc3OC)cc2)cc1. The van der Waals surface area contributed by atoms with E-state index in [0.717, 1.165) is 17.1 Å². The standard InChI is InChI=1S/C25H27N3O5S/c1-4-32-19-9-11-20(12-10-19)33-16-17-5-7-18(8-6-17)24(29)27-28-25(34)26-22-14-13-21(30-2)15-23(22)31-3/h5-15H,4,16H2,1-3H3,(H,27,29)(H2,26,28,34). The summed E-state index contributed by atoms with van der Waals surface area (Å²) in [6.07, 6.45) is 0. The lowest BCUT2D eigenvalue weighted by Crippen LogP contribution is -2.43. The van der Waals surface area contributed by atoms with Crippen LogP contribution >= 0.6 is 12.2 Å². The molecule has 8 nitrogen and oxygen atoms in total. The molecule has 0 saturated heterocycles. The van der Waals surface area contributed by atoms with Crippen molar-refractivity contribution in [3.63, 3.8) is 0 Å². The summed E-state index contributed by atoms with van der Waals surface area (Å²) in [6.45, 7) is 2.94. The summed E-state index contributed by atoms with van der Waals surface area (Å²) in [5.41, 5.74) is 7.29. The molecular weight excluding hydrogens is 454 g/mol. The number of carbonyl (C=O) groups excluding carboxylic acids is 1. The van der Waals surface area contributed by atoms with Gasteiger partial charge in [0.25, 0.3) is 5.91 Å². The third kappa shape index (κ3) is 7.01. The van der Waals surface area contributed by atoms with Gasteiger partial charge < -0.3 is 24.3 Å². The Balaban J connectivity index is 1.47.